The van der Waals surface area contributed by atoms with Gasteiger partial charge in [0, 0.05) is 24.7 Å². The summed E-state index contributed by atoms with van der Waals surface area (Å²) in [6.45, 7) is 3.40. The highest BCUT2D eigenvalue weighted by atomic mass is 16.7. The van der Waals surface area contributed by atoms with Gasteiger partial charge in [-0.3, -0.25) is 14.4 Å². The number of carbonyl (C=O) groups is 3. The number of nitrogens with one attached hydrogen (secondary N) is 1. The van der Waals surface area contributed by atoms with Crippen LogP contribution in [-0.2, 0) is 28.6 Å². The van der Waals surface area contributed by atoms with Crippen molar-refractivity contribution in [2.24, 2.45) is 11.0 Å². The van der Waals surface area contributed by atoms with E-state index < -0.39 is 54.8 Å². The number of rotatable bonds is 6. The molecule has 3 unspecified atom stereocenters. The number of hydrogen-bond acceptors (Lipinski definition) is 8. The van der Waals surface area contributed by atoms with E-state index in [4.69, 9.17) is 19.7 Å². The fourth-order valence-electron chi connectivity index (χ4n) is 2.38. The Hall–Kier alpha value is -2.36. The van der Waals surface area contributed by atoms with E-state index in [0.717, 1.165) is 0 Å². The molecule has 1 saturated heterocycles. The second-order valence-electron chi connectivity index (χ2n) is 5.28. The minimum atomic E-state index is -1.41. The summed E-state index contributed by atoms with van der Waals surface area (Å²) in [5, 5.41) is 15.7. The zero-order valence-corrected chi connectivity index (χ0v) is 13.5. The number of hydrogen-bond donors (Lipinski definition) is 2. The van der Waals surface area contributed by atoms with Gasteiger partial charge in [0.05, 0.1) is 6.04 Å². The predicted octanol–water partition coefficient (Wildman–Crippen LogP) is -0.370. The lowest BCUT2D eigenvalue weighted by atomic mass is 9.88. The monoisotopic (exact) mass is 344 g/mol. The molecular weight excluding hydrogens is 324 g/mol. The normalized spacial score (nSPS) is 29.1. The summed E-state index contributed by atoms with van der Waals surface area (Å²) in [6, 6.07) is -0.899. The molecule has 0 saturated carbocycles. The highest BCUT2D eigenvalue weighted by molar-refractivity contribution is 5.78. The summed E-state index contributed by atoms with van der Waals surface area (Å²) in [7, 11) is 0. The fraction of sp³-hybridized carbons (Fsp3) is 0.769. The topological polar surface area (TPSA) is 160 Å². The molecule has 0 bridgehead atoms. The first-order valence-corrected chi connectivity index (χ1v) is 7.20. The quantitative estimate of drug-likeness (QED) is 0.287. The van der Waals surface area contributed by atoms with Crippen LogP contribution < -0.4 is 5.32 Å². The first kappa shape index (κ1) is 19.7. The molecule has 1 aliphatic heterocycles. The summed E-state index contributed by atoms with van der Waals surface area (Å²) in [6.07, 6.45) is -3.15. The second-order valence-corrected chi connectivity index (χ2v) is 5.28. The van der Waals surface area contributed by atoms with Gasteiger partial charge in [0.1, 0.15) is 25.4 Å². The zero-order chi connectivity index (χ0) is 18.3. The molecule has 1 amide bonds. The maximum atomic E-state index is 11.7. The highest BCUT2D eigenvalue weighted by Gasteiger charge is 2.45. The van der Waals surface area contributed by atoms with Crippen molar-refractivity contribution in [2.45, 2.75) is 45.3 Å². The Labute approximate surface area is 137 Å². The van der Waals surface area contributed by atoms with Gasteiger partial charge in [-0.25, -0.2) is 0 Å². The van der Waals surface area contributed by atoms with Gasteiger partial charge in [0.15, 0.2) is 6.29 Å². The molecule has 11 heteroatoms. The van der Waals surface area contributed by atoms with Crippen LogP contribution >= 0.6 is 0 Å². The number of nitrogens with zero attached hydrogens (tertiary/aromatic N) is 3. The van der Waals surface area contributed by atoms with Gasteiger partial charge in [-0.05, 0) is 5.53 Å². The van der Waals surface area contributed by atoms with Gasteiger partial charge in [0.25, 0.3) is 0 Å². The number of amides is 1. The van der Waals surface area contributed by atoms with Crippen LogP contribution in [0, 0.1) is 5.92 Å². The maximum absolute atomic E-state index is 11.7. The molecule has 1 rings (SSSR count). The Bertz CT molecular complexity index is 534. The van der Waals surface area contributed by atoms with Crippen LogP contribution in [0.2, 0.25) is 0 Å². The molecule has 1 heterocycles. The lowest BCUT2D eigenvalue weighted by Crippen LogP contribution is -2.61. The van der Waals surface area contributed by atoms with Crippen LogP contribution in [0.15, 0.2) is 5.11 Å². The van der Waals surface area contributed by atoms with Crippen molar-refractivity contribution in [1.82, 2.24) is 5.32 Å². The van der Waals surface area contributed by atoms with Crippen LogP contribution in [-0.4, -0.2) is 60.6 Å². The molecule has 24 heavy (non-hydrogen) atoms. The smallest absolute Gasteiger partial charge is 0.303 e. The third-order valence-corrected chi connectivity index (χ3v) is 3.43. The van der Waals surface area contributed by atoms with Crippen molar-refractivity contribution in [1.29, 1.82) is 0 Å². The molecule has 1 aliphatic rings. The summed E-state index contributed by atoms with van der Waals surface area (Å²) < 4.78 is 15.4. The highest BCUT2D eigenvalue weighted by Crippen LogP contribution is 2.28. The number of esters is 2. The van der Waals surface area contributed by atoms with Gasteiger partial charge in [0.2, 0.25) is 5.91 Å². The van der Waals surface area contributed by atoms with Crippen LogP contribution in [0.3, 0.4) is 0 Å². The molecule has 0 radical (unpaired) electrons. The van der Waals surface area contributed by atoms with Crippen molar-refractivity contribution in [3.8, 4) is 0 Å². The Morgan fingerprint density at radius 2 is 2.00 bits per heavy atom. The predicted molar refractivity (Wildman–Crippen MR) is 78.2 cm³/mol. The summed E-state index contributed by atoms with van der Waals surface area (Å²) in [4.78, 5) is 36.4. The molecule has 2 N–H and O–H groups in total. The largest absolute Gasteiger partial charge is 0.463 e. The number of aliphatic hydroxyl groups is 1. The molecule has 0 spiro atoms. The number of carbonyl (C=O) groups excluding carboxylic acids is 3. The molecule has 0 aromatic rings. The molecule has 5 atom stereocenters. The van der Waals surface area contributed by atoms with Crippen molar-refractivity contribution in [2.75, 3.05) is 13.2 Å². The minimum absolute atomic E-state index is 0.214. The lowest BCUT2D eigenvalue weighted by Gasteiger charge is -2.43. The van der Waals surface area contributed by atoms with Crippen molar-refractivity contribution < 1.29 is 33.7 Å². The van der Waals surface area contributed by atoms with E-state index in [1.54, 1.807) is 6.92 Å². The van der Waals surface area contributed by atoms with Gasteiger partial charge in [-0.1, -0.05) is 12.0 Å². The van der Waals surface area contributed by atoms with Gasteiger partial charge >= 0.3 is 11.9 Å². The van der Waals surface area contributed by atoms with E-state index in [1.165, 1.54) is 13.8 Å². The molecule has 11 nitrogen and oxygen atoms in total. The lowest BCUT2D eigenvalue weighted by molar-refractivity contribution is -0.246. The standard InChI is InChI=1S/C13H20N4O7/c1-6-11(16-10(20)4-15-17-14)13(21)24-9(5-22-7(2)18)12(6)23-8(3)19/h6,9,11-13,21H,4-5H2,1-3H3,(H,16,20)/t6-,9?,11?,12-,13?/m1/s1. The van der Waals surface area contributed by atoms with E-state index in [1.807, 2.05) is 0 Å². The fourth-order valence-corrected chi connectivity index (χ4v) is 2.38. The van der Waals surface area contributed by atoms with Crippen LogP contribution in [0.5, 0.6) is 0 Å². The van der Waals surface area contributed by atoms with Crippen LogP contribution in [0.25, 0.3) is 10.4 Å². The van der Waals surface area contributed by atoms with E-state index in [9.17, 15) is 19.5 Å². The van der Waals surface area contributed by atoms with E-state index in [2.05, 4.69) is 15.3 Å². The van der Waals surface area contributed by atoms with Crippen molar-refractivity contribution >= 4 is 17.8 Å². The summed E-state index contributed by atoms with van der Waals surface area (Å²) in [5.74, 6) is -2.30. The Morgan fingerprint density at radius 1 is 1.33 bits per heavy atom. The average Bonchev–Trinajstić information content (AvgIpc) is 2.50. The first-order chi connectivity index (χ1) is 11.3. The maximum Gasteiger partial charge on any atom is 0.303 e. The molecular formula is C13H20N4O7. The van der Waals surface area contributed by atoms with Crippen LogP contribution in [0.1, 0.15) is 20.8 Å². The van der Waals surface area contributed by atoms with E-state index in [0.29, 0.717) is 0 Å². The average molecular weight is 344 g/mol. The van der Waals surface area contributed by atoms with Gasteiger partial charge in [-0.2, -0.15) is 0 Å². The van der Waals surface area contributed by atoms with Crippen molar-refractivity contribution in [3.05, 3.63) is 10.4 Å². The Morgan fingerprint density at radius 3 is 2.54 bits per heavy atom. The summed E-state index contributed by atoms with van der Waals surface area (Å²) in [5.41, 5.74) is 8.21. The number of azide groups is 1. The molecule has 1 fully saturated rings. The zero-order valence-electron chi connectivity index (χ0n) is 13.5. The number of ether oxygens (including phenoxy) is 3. The molecule has 134 valence electrons. The number of aliphatic hydroxyl groups excluding tert-OH is 1. The van der Waals surface area contributed by atoms with E-state index in [-0.39, 0.29) is 6.61 Å². The summed E-state index contributed by atoms with van der Waals surface area (Å²) >= 11 is 0. The third-order valence-electron chi connectivity index (χ3n) is 3.43. The first-order valence-electron chi connectivity index (χ1n) is 7.20. The minimum Gasteiger partial charge on any atom is -0.463 e. The van der Waals surface area contributed by atoms with Crippen molar-refractivity contribution in [3.63, 3.8) is 0 Å². The molecule has 0 aromatic carbocycles. The third kappa shape index (κ3) is 5.69. The molecule has 0 aromatic heterocycles. The SMILES string of the molecule is CC(=O)OCC1OC(O)C(NC(=O)CN=[N+]=[N-])[C@@H](C)[C@H]1OC(C)=O. The van der Waals surface area contributed by atoms with Gasteiger partial charge in [-0.15, -0.1) is 0 Å². The Balaban J connectivity index is 2.86. The van der Waals surface area contributed by atoms with Crippen LogP contribution in [0.4, 0.5) is 0 Å². The van der Waals surface area contributed by atoms with E-state index >= 15 is 0 Å². The Kier molecular flexibility index (Phi) is 7.43. The second kappa shape index (κ2) is 9.06. The van der Waals surface area contributed by atoms with Gasteiger partial charge < -0.3 is 24.6 Å². The molecule has 0 aliphatic carbocycles.